The van der Waals surface area contributed by atoms with Gasteiger partial charge >= 0.3 is 0 Å². The number of aromatic nitrogens is 3. The van der Waals surface area contributed by atoms with Gasteiger partial charge in [0.1, 0.15) is 11.6 Å². The van der Waals surface area contributed by atoms with Crippen LogP contribution in [0.15, 0.2) is 18.2 Å². The molecule has 174 valence electrons. The summed E-state index contributed by atoms with van der Waals surface area (Å²) in [5, 5.41) is 0. The van der Waals surface area contributed by atoms with Crippen LogP contribution >= 0.6 is 0 Å². The highest BCUT2D eigenvalue weighted by Crippen LogP contribution is 2.33. The standard InChI is InChI=1S/C21H30N6O4S/c1-14-13-31-9-8-27(14)19-12-17(15-4-6-26(7-5-15)32(3,28)29)23-21(25-19)16-10-18(22)24-20(11-16)30-2/h10-12,14-15H,4-9,13H2,1-3H3,(H2,22,24). The van der Waals surface area contributed by atoms with Crippen LogP contribution < -0.4 is 15.4 Å². The predicted molar refractivity (Wildman–Crippen MR) is 122 cm³/mol. The minimum Gasteiger partial charge on any atom is -0.481 e. The molecule has 11 heteroatoms. The molecule has 2 saturated heterocycles. The van der Waals surface area contributed by atoms with Crippen molar-refractivity contribution in [1.29, 1.82) is 0 Å². The second-order valence-electron chi connectivity index (χ2n) is 8.35. The van der Waals surface area contributed by atoms with Gasteiger partial charge in [-0.15, -0.1) is 0 Å². The highest BCUT2D eigenvalue weighted by molar-refractivity contribution is 7.88. The molecule has 4 heterocycles. The molecule has 2 fully saturated rings. The molecule has 2 aliphatic rings. The number of sulfonamides is 1. The highest BCUT2D eigenvalue weighted by Gasteiger charge is 2.29. The Hall–Kier alpha value is -2.50. The summed E-state index contributed by atoms with van der Waals surface area (Å²) in [7, 11) is -1.64. The molecule has 2 aliphatic heterocycles. The van der Waals surface area contributed by atoms with Crippen molar-refractivity contribution in [1.82, 2.24) is 19.3 Å². The molecule has 10 nitrogen and oxygen atoms in total. The monoisotopic (exact) mass is 462 g/mol. The lowest BCUT2D eigenvalue weighted by molar-refractivity contribution is 0.0985. The lowest BCUT2D eigenvalue weighted by Crippen LogP contribution is -2.44. The summed E-state index contributed by atoms with van der Waals surface area (Å²) in [5.74, 6) is 2.26. The van der Waals surface area contributed by atoms with Crippen molar-refractivity contribution >= 4 is 21.7 Å². The van der Waals surface area contributed by atoms with E-state index in [1.807, 2.05) is 6.07 Å². The SMILES string of the molecule is COc1cc(-c2nc(C3CCN(S(C)(=O)=O)CC3)cc(N3CCOCC3C)n2)cc(N)n1. The van der Waals surface area contributed by atoms with Crippen molar-refractivity contribution in [2.45, 2.75) is 31.7 Å². The van der Waals surface area contributed by atoms with Crippen molar-refractivity contribution in [3.63, 3.8) is 0 Å². The first kappa shape index (κ1) is 22.7. The van der Waals surface area contributed by atoms with Crippen LogP contribution in [0.1, 0.15) is 31.4 Å². The zero-order valence-electron chi connectivity index (χ0n) is 18.7. The first-order valence-corrected chi connectivity index (χ1v) is 12.6. The fourth-order valence-electron chi connectivity index (χ4n) is 4.25. The summed E-state index contributed by atoms with van der Waals surface area (Å²) in [6.07, 6.45) is 2.68. The zero-order chi connectivity index (χ0) is 22.9. The molecule has 4 rings (SSSR count). The van der Waals surface area contributed by atoms with Gasteiger partial charge in [0.25, 0.3) is 0 Å². The van der Waals surface area contributed by atoms with Gasteiger partial charge in [-0.2, -0.15) is 4.98 Å². The topological polar surface area (TPSA) is 124 Å². The van der Waals surface area contributed by atoms with Gasteiger partial charge in [-0.1, -0.05) is 0 Å². The maximum Gasteiger partial charge on any atom is 0.215 e. The first-order chi connectivity index (χ1) is 15.2. The maximum absolute atomic E-state index is 11.9. The van der Waals surface area contributed by atoms with E-state index < -0.39 is 10.0 Å². The van der Waals surface area contributed by atoms with E-state index in [2.05, 4.69) is 16.8 Å². The molecule has 2 aromatic rings. The fourth-order valence-corrected chi connectivity index (χ4v) is 5.12. The van der Waals surface area contributed by atoms with Gasteiger partial charge in [-0.3, -0.25) is 0 Å². The van der Waals surface area contributed by atoms with E-state index >= 15 is 0 Å². The molecule has 2 aromatic heterocycles. The molecule has 0 saturated carbocycles. The number of ether oxygens (including phenoxy) is 2. The highest BCUT2D eigenvalue weighted by atomic mass is 32.2. The average molecular weight is 463 g/mol. The average Bonchev–Trinajstić information content (AvgIpc) is 2.78. The van der Waals surface area contributed by atoms with Gasteiger partial charge in [0.05, 0.1) is 32.6 Å². The summed E-state index contributed by atoms with van der Waals surface area (Å²) in [5.41, 5.74) is 7.61. The summed E-state index contributed by atoms with van der Waals surface area (Å²) < 4.78 is 36.2. The van der Waals surface area contributed by atoms with E-state index in [0.29, 0.717) is 56.7 Å². The van der Waals surface area contributed by atoms with Crippen molar-refractivity contribution in [3.05, 3.63) is 23.9 Å². The van der Waals surface area contributed by atoms with E-state index in [9.17, 15) is 8.42 Å². The lowest BCUT2D eigenvalue weighted by atomic mass is 9.94. The van der Waals surface area contributed by atoms with Gasteiger partial charge < -0.3 is 20.1 Å². The Labute approximate surface area is 188 Å². The van der Waals surface area contributed by atoms with Crippen LogP contribution in [-0.4, -0.2) is 79.9 Å². The number of nitrogens with zero attached hydrogens (tertiary/aromatic N) is 5. The number of piperidine rings is 1. The molecule has 1 atom stereocenters. The molecule has 0 bridgehead atoms. The summed E-state index contributed by atoms with van der Waals surface area (Å²) in [6, 6.07) is 5.73. The Kier molecular flexibility index (Phi) is 6.50. The molecular weight excluding hydrogens is 432 g/mol. The van der Waals surface area contributed by atoms with Crippen LogP contribution in [0.25, 0.3) is 11.4 Å². The first-order valence-electron chi connectivity index (χ1n) is 10.7. The second-order valence-corrected chi connectivity index (χ2v) is 10.3. The maximum atomic E-state index is 11.9. The van der Waals surface area contributed by atoms with Crippen LogP contribution in [0.4, 0.5) is 11.6 Å². The molecule has 0 aromatic carbocycles. The second kappa shape index (κ2) is 9.16. The molecule has 0 amide bonds. The minimum absolute atomic E-state index is 0.144. The normalized spacial score (nSPS) is 21.0. The number of anilines is 2. The number of morpholine rings is 1. The molecule has 32 heavy (non-hydrogen) atoms. The molecule has 0 aliphatic carbocycles. The smallest absolute Gasteiger partial charge is 0.215 e. The third kappa shape index (κ3) is 4.94. The quantitative estimate of drug-likeness (QED) is 0.704. The summed E-state index contributed by atoms with van der Waals surface area (Å²) in [6.45, 7) is 5.10. The Morgan fingerprint density at radius 2 is 1.88 bits per heavy atom. The number of methoxy groups -OCH3 is 1. The van der Waals surface area contributed by atoms with Crippen molar-refractivity contribution < 1.29 is 17.9 Å². The third-order valence-electron chi connectivity index (χ3n) is 6.02. The third-order valence-corrected chi connectivity index (χ3v) is 7.33. The van der Waals surface area contributed by atoms with Gasteiger partial charge in [-0.05, 0) is 25.8 Å². The summed E-state index contributed by atoms with van der Waals surface area (Å²) >= 11 is 0. The van der Waals surface area contributed by atoms with E-state index in [-0.39, 0.29) is 12.0 Å². The molecule has 2 N–H and O–H groups in total. The van der Waals surface area contributed by atoms with Crippen molar-refractivity contribution in [3.8, 4) is 17.3 Å². The van der Waals surface area contributed by atoms with E-state index in [0.717, 1.165) is 23.6 Å². The summed E-state index contributed by atoms with van der Waals surface area (Å²) in [4.78, 5) is 16.1. The minimum atomic E-state index is -3.18. The molecular formula is C21H30N6O4S. The van der Waals surface area contributed by atoms with Gasteiger partial charge in [0.2, 0.25) is 15.9 Å². The van der Waals surface area contributed by atoms with Crippen LogP contribution in [-0.2, 0) is 14.8 Å². The largest absolute Gasteiger partial charge is 0.481 e. The van der Waals surface area contributed by atoms with Crippen LogP contribution in [0.2, 0.25) is 0 Å². The van der Waals surface area contributed by atoms with E-state index in [1.54, 1.807) is 19.2 Å². The zero-order valence-corrected chi connectivity index (χ0v) is 19.5. The number of rotatable bonds is 5. The van der Waals surface area contributed by atoms with Gasteiger partial charge in [-0.25, -0.2) is 22.7 Å². The number of nitrogen functional groups attached to an aromatic ring is 1. The van der Waals surface area contributed by atoms with E-state index in [4.69, 9.17) is 25.2 Å². The Morgan fingerprint density at radius 3 is 2.53 bits per heavy atom. The van der Waals surface area contributed by atoms with E-state index in [1.165, 1.54) is 10.6 Å². The van der Waals surface area contributed by atoms with Crippen molar-refractivity contribution in [2.24, 2.45) is 0 Å². The number of hydrogen-bond acceptors (Lipinski definition) is 9. The Bertz CT molecular complexity index is 1070. The molecule has 1 unspecified atom stereocenters. The number of pyridine rings is 1. The van der Waals surface area contributed by atoms with Gasteiger partial charge in [0, 0.05) is 48.9 Å². The van der Waals surface area contributed by atoms with Crippen LogP contribution in [0.3, 0.4) is 0 Å². The Balaban J connectivity index is 1.72. The lowest BCUT2D eigenvalue weighted by Gasteiger charge is -2.35. The number of hydrogen-bond donors (Lipinski definition) is 1. The van der Waals surface area contributed by atoms with Gasteiger partial charge in [0.15, 0.2) is 5.82 Å². The van der Waals surface area contributed by atoms with Crippen LogP contribution in [0, 0.1) is 0 Å². The van der Waals surface area contributed by atoms with Crippen molar-refractivity contribution in [2.75, 3.05) is 56.8 Å². The van der Waals surface area contributed by atoms with Crippen LogP contribution in [0.5, 0.6) is 5.88 Å². The Morgan fingerprint density at radius 1 is 1.12 bits per heavy atom. The predicted octanol–water partition coefficient (Wildman–Crippen LogP) is 1.49. The fraction of sp³-hybridized carbons (Fsp3) is 0.571. The molecule has 0 radical (unpaired) electrons. The molecule has 0 spiro atoms. The number of nitrogens with two attached hydrogens (primary N) is 1.